The summed E-state index contributed by atoms with van der Waals surface area (Å²) in [6.45, 7) is 2.23. The molecule has 3 heteroatoms. The lowest BCUT2D eigenvalue weighted by Gasteiger charge is -2.29. The number of aromatic nitrogens is 1. The Kier molecular flexibility index (Phi) is 3.40. The molecule has 16 heavy (non-hydrogen) atoms. The van der Waals surface area contributed by atoms with Gasteiger partial charge < -0.3 is 4.74 Å². The molecule has 1 saturated carbocycles. The molecule has 1 aliphatic rings. The van der Waals surface area contributed by atoms with Gasteiger partial charge in [-0.3, -0.25) is 4.98 Å². The molecule has 1 aliphatic carbocycles. The van der Waals surface area contributed by atoms with Crippen molar-refractivity contribution in [3.63, 3.8) is 0 Å². The maximum absolute atomic E-state index is 8.77. The lowest BCUT2D eigenvalue weighted by Crippen LogP contribution is -2.28. The fourth-order valence-corrected chi connectivity index (χ4v) is 2.18. The predicted molar refractivity (Wildman–Crippen MR) is 61.0 cm³/mol. The maximum atomic E-state index is 8.77. The van der Waals surface area contributed by atoms with Crippen molar-refractivity contribution in [2.45, 2.75) is 38.7 Å². The molecular formula is C13H16N2O. The molecule has 2 rings (SSSR count). The van der Waals surface area contributed by atoms with Gasteiger partial charge in [-0.1, -0.05) is 13.3 Å². The minimum atomic E-state index is 0.282. The SMILES string of the molecule is C[C@@H]1CCCC[C@@H]1Oc1cncc(C#N)c1. The summed E-state index contributed by atoms with van der Waals surface area (Å²) in [5.74, 6) is 1.32. The van der Waals surface area contributed by atoms with Gasteiger partial charge in [0.2, 0.25) is 0 Å². The van der Waals surface area contributed by atoms with E-state index in [0.29, 0.717) is 11.5 Å². The van der Waals surface area contributed by atoms with Crippen LogP contribution in [0.1, 0.15) is 38.2 Å². The highest BCUT2D eigenvalue weighted by Gasteiger charge is 2.22. The minimum absolute atomic E-state index is 0.282. The van der Waals surface area contributed by atoms with E-state index in [-0.39, 0.29) is 6.10 Å². The Morgan fingerprint density at radius 3 is 2.94 bits per heavy atom. The number of rotatable bonds is 2. The molecule has 1 aromatic rings. The first-order valence-electron chi connectivity index (χ1n) is 5.81. The number of hydrogen-bond acceptors (Lipinski definition) is 3. The number of pyridine rings is 1. The third-order valence-electron chi connectivity index (χ3n) is 3.16. The van der Waals surface area contributed by atoms with Crippen molar-refractivity contribution in [3.05, 3.63) is 24.0 Å². The molecule has 0 unspecified atom stereocenters. The molecular weight excluding hydrogens is 200 g/mol. The van der Waals surface area contributed by atoms with E-state index in [1.807, 2.05) is 0 Å². The summed E-state index contributed by atoms with van der Waals surface area (Å²) in [6.07, 6.45) is 8.40. The van der Waals surface area contributed by atoms with Crippen LogP contribution in [-0.2, 0) is 0 Å². The highest BCUT2D eigenvalue weighted by molar-refractivity contribution is 5.32. The van der Waals surface area contributed by atoms with Crippen LogP contribution in [0.15, 0.2) is 18.5 Å². The van der Waals surface area contributed by atoms with Crippen LogP contribution in [0, 0.1) is 17.2 Å². The smallest absolute Gasteiger partial charge is 0.139 e. The summed E-state index contributed by atoms with van der Waals surface area (Å²) in [5, 5.41) is 8.77. The van der Waals surface area contributed by atoms with E-state index in [9.17, 15) is 0 Å². The topological polar surface area (TPSA) is 45.9 Å². The largest absolute Gasteiger partial charge is 0.488 e. The summed E-state index contributed by atoms with van der Waals surface area (Å²) in [5.41, 5.74) is 0.556. The standard InChI is InChI=1S/C13H16N2O/c1-10-4-2-3-5-13(10)16-12-6-11(7-14)8-15-9-12/h6,8-10,13H,2-5H2,1H3/t10-,13+/m1/s1. The molecule has 0 amide bonds. The Labute approximate surface area is 96.1 Å². The molecule has 1 heterocycles. The van der Waals surface area contributed by atoms with Gasteiger partial charge in [0.1, 0.15) is 17.9 Å². The van der Waals surface area contributed by atoms with E-state index >= 15 is 0 Å². The summed E-state index contributed by atoms with van der Waals surface area (Å²) < 4.78 is 5.90. The van der Waals surface area contributed by atoms with Gasteiger partial charge in [0, 0.05) is 12.3 Å². The number of ether oxygens (including phenoxy) is 1. The normalized spacial score (nSPS) is 24.8. The lowest BCUT2D eigenvalue weighted by atomic mass is 9.88. The number of nitriles is 1. The maximum Gasteiger partial charge on any atom is 0.139 e. The van der Waals surface area contributed by atoms with E-state index in [4.69, 9.17) is 10.00 Å². The second kappa shape index (κ2) is 4.98. The zero-order chi connectivity index (χ0) is 11.4. The monoisotopic (exact) mass is 216 g/mol. The van der Waals surface area contributed by atoms with Crippen molar-refractivity contribution in [2.24, 2.45) is 5.92 Å². The van der Waals surface area contributed by atoms with Crippen LogP contribution in [0.2, 0.25) is 0 Å². The molecule has 0 radical (unpaired) electrons. The molecule has 84 valence electrons. The Morgan fingerprint density at radius 1 is 1.38 bits per heavy atom. The Bertz CT molecular complexity index is 397. The third kappa shape index (κ3) is 2.52. The van der Waals surface area contributed by atoms with Crippen LogP contribution >= 0.6 is 0 Å². The average molecular weight is 216 g/mol. The quantitative estimate of drug-likeness (QED) is 0.763. The molecule has 0 saturated heterocycles. The van der Waals surface area contributed by atoms with Crippen LogP contribution < -0.4 is 4.74 Å². The summed E-state index contributed by atoms with van der Waals surface area (Å²) in [4.78, 5) is 4.00. The summed E-state index contributed by atoms with van der Waals surface area (Å²) in [7, 11) is 0. The lowest BCUT2D eigenvalue weighted by molar-refractivity contribution is 0.102. The van der Waals surface area contributed by atoms with Crippen molar-refractivity contribution < 1.29 is 4.74 Å². The first-order valence-corrected chi connectivity index (χ1v) is 5.81. The van der Waals surface area contributed by atoms with Crippen molar-refractivity contribution in [1.82, 2.24) is 4.98 Å². The first kappa shape index (κ1) is 10.9. The highest BCUT2D eigenvalue weighted by Crippen LogP contribution is 2.27. The second-order valence-corrected chi connectivity index (χ2v) is 4.44. The first-order chi connectivity index (χ1) is 7.79. The van der Waals surface area contributed by atoms with Gasteiger partial charge >= 0.3 is 0 Å². The number of nitrogens with zero attached hydrogens (tertiary/aromatic N) is 2. The molecule has 0 aliphatic heterocycles. The van der Waals surface area contributed by atoms with Crippen molar-refractivity contribution >= 4 is 0 Å². The fourth-order valence-electron chi connectivity index (χ4n) is 2.18. The van der Waals surface area contributed by atoms with Crippen LogP contribution in [0.3, 0.4) is 0 Å². The Balaban J connectivity index is 2.05. The van der Waals surface area contributed by atoms with E-state index in [1.54, 1.807) is 18.5 Å². The molecule has 0 bridgehead atoms. The van der Waals surface area contributed by atoms with Crippen molar-refractivity contribution in [1.29, 1.82) is 5.26 Å². The van der Waals surface area contributed by atoms with E-state index in [0.717, 1.165) is 12.2 Å². The van der Waals surface area contributed by atoms with Crippen LogP contribution in [-0.4, -0.2) is 11.1 Å². The Morgan fingerprint density at radius 2 is 2.19 bits per heavy atom. The summed E-state index contributed by atoms with van der Waals surface area (Å²) in [6, 6.07) is 3.83. The fraction of sp³-hybridized carbons (Fsp3) is 0.538. The van der Waals surface area contributed by atoms with Crippen molar-refractivity contribution in [3.8, 4) is 11.8 Å². The Hall–Kier alpha value is -1.56. The number of hydrogen-bond donors (Lipinski definition) is 0. The zero-order valence-electron chi connectivity index (χ0n) is 9.52. The summed E-state index contributed by atoms with van der Waals surface area (Å²) >= 11 is 0. The predicted octanol–water partition coefficient (Wildman–Crippen LogP) is 2.91. The molecule has 2 atom stereocenters. The molecule has 0 N–H and O–H groups in total. The third-order valence-corrected chi connectivity index (χ3v) is 3.16. The van der Waals surface area contributed by atoms with Gasteiger partial charge in [-0.25, -0.2) is 0 Å². The highest BCUT2D eigenvalue weighted by atomic mass is 16.5. The molecule has 0 aromatic carbocycles. The van der Waals surface area contributed by atoms with Gasteiger partial charge in [0.25, 0.3) is 0 Å². The van der Waals surface area contributed by atoms with Crippen LogP contribution in [0.5, 0.6) is 5.75 Å². The minimum Gasteiger partial charge on any atom is -0.488 e. The van der Waals surface area contributed by atoms with Gasteiger partial charge in [0.05, 0.1) is 11.8 Å². The second-order valence-electron chi connectivity index (χ2n) is 4.44. The zero-order valence-corrected chi connectivity index (χ0v) is 9.52. The molecule has 0 spiro atoms. The molecule has 1 fully saturated rings. The van der Waals surface area contributed by atoms with Gasteiger partial charge in [-0.15, -0.1) is 0 Å². The molecule has 1 aromatic heterocycles. The van der Waals surface area contributed by atoms with Crippen LogP contribution in [0.4, 0.5) is 0 Å². The van der Waals surface area contributed by atoms with E-state index in [2.05, 4.69) is 18.0 Å². The van der Waals surface area contributed by atoms with Gasteiger partial charge in [0.15, 0.2) is 0 Å². The van der Waals surface area contributed by atoms with Gasteiger partial charge in [-0.2, -0.15) is 5.26 Å². The average Bonchev–Trinajstić information content (AvgIpc) is 2.32. The van der Waals surface area contributed by atoms with Gasteiger partial charge in [-0.05, 0) is 25.2 Å². The van der Waals surface area contributed by atoms with E-state index in [1.165, 1.54) is 19.3 Å². The van der Waals surface area contributed by atoms with Crippen molar-refractivity contribution in [2.75, 3.05) is 0 Å². The van der Waals surface area contributed by atoms with E-state index < -0.39 is 0 Å². The molecule has 3 nitrogen and oxygen atoms in total. The van der Waals surface area contributed by atoms with Crippen LogP contribution in [0.25, 0.3) is 0 Å².